The number of hydrogen-bond donors (Lipinski definition) is 0. The van der Waals surface area contributed by atoms with Crippen LogP contribution in [0.3, 0.4) is 0 Å². The van der Waals surface area contributed by atoms with Crippen molar-refractivity contribution in [3.63, 3.8) is 0 Å². The highest BCUT2D eigenvalue weighted by Crippen LogP contribution is 2.42. The second-order valence-corrected chi connectivity index (χ2v) is 11.8. The van der Waals surface area contributed by atoms with Crippen molar-refractivity contribution in [3.8, 4) is 0 Å². The molecule has 0 nitrogen and oxygen atoms in total. The highest BCUT2D eigenvalue weighted by atomic mass is 14.3. The van der Waals surface area contributed by atoms with Gasteiger partial charge in [-0.2, -0.15) is 0 Å². The summed E-state index contributed by atoms with van der Waals surface area (Å²) in [5.41, 5.74) is 0. The van der Waals surface area contributed by atoms with Crippen LogP contribution in [-0.2, 0) is 0 Å². The quantitative estimate of drug-likeness (QED) is 0.301. The molecule has 0 aromatic heterocycles. The lowest BCUT2D eigenvalue weighted by Crippen LogP contribution is -2.23. The van der Waals surface area contributed by atoms with E-state index in [1.807, 2.05) is 0 Å². The van der Waals surface area contributed by atoms with Crippen LogP contribution in [0.15, 0.2) is 0 Å². The molecule has 170 valence electrons. The number of unbranched alkanes of at least 4 members (excludes halogenated alkanes) is 3. The van der Waals surface area contributed by atoms with Gasteiger partial charge in [0.2, 0.25) is 0 Å². The maximum atomic E-state index is 2.35. The Morgan fingerprint density at radius 3 is 1.03 bits per heavy atom. The second-order valence-electron chi connectivity index (χ2n) is 11.8. The summed E-state index contributed by atoms with van der Waals surface area (Å²) in [7, 11) is 0. The van der Waals surface area contributed by atoms with Gasteiger partial charge >= 0.3 is 0 Å². The monoisotopic (exact) mass is 402 g/mol. The molecule has 0 bridgehead atoms. The number of rotatable bonds is 11. The minimum atomic E-state index is 1.09. The van der Waals surface area contributed by atoms with Crippen molar-refractivity contribution >= 4 is 0 Å². The van der Waals surface area contributed by atoms with Gasteiger partial charge in [0.1, 0.15) is 0 Å². The standard InChI is InChI=1S/C29H54/c1-3-5-7-9-25-12-16-27(17-13-25)23-29-20-18-28(19-21-29)22-26-14-10-24(11-15-26)8-6-4-2/h24-29H,3-23H2,1-2H3/t24?,25?,26?,27?,28-,29-. The van der Waals surface area contributed by atoms with E-state index in [1.165, 1.54) is 44.9 Å². The Labute approximate surface area is 184 Å². The summed E-state index contributed by atoms with van der Waals surface area (Å²) < 4.78 is 0. The molecule has 0 amide bonds. The molecule has 0 N–H and O–H groups in total. The van der Waals surface area contributed by atoms with Crippen molar-refractivity contribution in [3.05, 3.63) is 0 Å². The van der Waals surface area contributed by atoms with Crippen LogP contribution in [-0.4, -0.2) is 0 Å². The van der Waals surface area contributed by atoms with Gasteiger partial charge in [0.25, 0.3) is 0 Å². The van der Waals surface area contributed by atoms with Crippen LogP contribution in [0.25, 0.3) is 0 Å². The van der Waals surface area contributed by atoms with Crippen molar-refractivity contribution in [2.24, 2.45) is 35.5 Å². The summed E-state index contributed by atoms with van der Waals surface area (Å²) in [6.45, 7) is 4.69. The van der Waals surface area contributed by atoms with E-state index in [2.05, 4.69) is 13.8 Å². The van der Waals surface area contributed by atoms with E-state index in [0.29, 0.717) is 0 Å². The van der Waals surface area contributed by atoms with E-state index in [9.17, 15) is 0 Å². The van der Waals surface area contributed by atoms with Crippen molar-refractivity contribution in [1.29, 1.82) is 0 Å². The molecule has 3 saturated carbocycles. The maximum absolute atomic E-state index is 2.35. The zero-order valence-electron chi connectivity index (χ0n) is 20.3. The lowest BCUT2D eigenvalue weighted by Gasteiger charge is -2.36. The predicted octanol–water partition coefficient (Wildman–Crippen LogP) is 9.96. The van der Waals surface area contributed by atoms with E-state index >= 15 is 0 Å². The van der Waals surface area contributed by atoms with Gasteiger partial charge in [-0.15, -0.1) is 0 Å². The molecular weight excluding hydrogens is 348 g/mol. The third-order valence-corrected chi connectivity index (χ3v) is 9.41. The van der Waals surface area contributed by atoms with Crippen LogP contribution in [0.2, 0.25) is 0 Å². The Bertz CT molecular complexity index is 388. The Morgan fingerprint density at radius 1 is 0.379 bits per heavy atom. The minimum absolute atomic E-state index is 1.09. The zero-order chi connectivity index (χ0) is 20.3. The van der Waals surface area contributed by atoms with E-state index in [1.54, 1.807) is 89.9 Å². The highest BCUT2D eigenvalue weighted by molar-refractivity contribution is 4.81. The summed E-state index contributed by atoms with van der Waals surface area (Å²) >= 11 is 0. The maximum Gasteiger partial charge on any atom is -0.0411 e. The first-order valence-electron chi connectivity index (χ1n) is 14.3. The topological polar surface area (TPSA) is 0 Å². The molecule has 0 spiro atoms. The van der Waals surface area contributed by atoms with Gasteiger partial charge in [-0.25, -0.2) is 0 Å². The molecule has 3 rings (SSSR count). The first kappa shape index (κ1) is 23.7. The predicted molar refractivity (Wildman–Crippen MR) is 129 cm³/mol. The average molecular weight is 403 g/mol. The fourth-order valence-electron chi connectivity index (χ4n) is 7.33. The summed E-state index contributed by atoms with van der Waals surface area (Å²) in [5.74, 6) is 6.56. The van der Waals surface area contributed by atoms with Crippen LogP contribution in [0, 0.1) is 35.5 Å². The summed E-state index contributed by atoms with van der Waals surface area (Å²) in [6, 6.07) is 0. The molecule has 0 heteroatoms. The Morgan fingerprint density at radius 2 is 0.690 bits per heavy atom. The Balaban J connectivity index is 1.24. The third-order valence-electron chi connectivity index (χ3n) is 9.41. The molecule has 0 unspecified atom stereocenters. The van der Waals surface area contributed by atoms with E-state index < -0.39 is 0 Å². The molecule has 0 heterocycles. The minimum Gasteiger partial charge on any atom is -0.0654 e. The van der Waals surface area contributed by atoms with E-state index in [-0.39, 0.29) is 0 Å². The molecule has 3 aliphatic rings. The van der Waals surface area contributed by atoms with Gasteiger partial charge in [0, 0.05) is 0 Å². The fourth-order valence-corrected chi connectivity index (χ4v) is 7.33. The van der Waals surface area contributed by atoms with Crippen molar-refractivity contribution in [2.75, 3.05) is 0 Å². The average Bonchev–Trinajstić information content (AvgIpc) is 2.76. The lowest BCUT2D eigenvalue weighted by molar-refractivity contribution is 0.161. The fraction of sp³-hybridized carbons (Fsp3) is 1.00. The lowest BCUT2D eigenvalue weighted by atomic mass is 9.70. The molecule has 3 aliphatic carbocycles. The second kappa shape index (κ2) is 13.4. The van der Waals surface area contributed by atoms with Crippen LogP contribution in [0.4, 0.5) is 0 Å². The number of hydrogen-bond acceptors (Lipinski definition) is 0. The van der Waals surface area contributed by atoms with Crippen LogP contribution in [0.1, 0.15) is 149 Å². The van der Waals surface area contributed by atoms with Crippen molar-refractivity contribution in [2.45, 2.75) is 149 Å². The van der Waals surface area contributed by atoms with Crippen LogP contribution >= 0.6 is 0 Å². The normalized spacial score (nSPS) is 36.2. The Hall–Kier alpha value is 0. The molecule has 0 aromatic rings. The first-order valence-corrected chi connectivity index (χ1v) is 14.3. The molecule has 0 aliphatic heterocycles. The SMILES string of the molecule is CCCCCC1CCC(C[C@H]2CC[C@H](CC3CCC(CCCC)CC3)CC2)CC1. The van der Waals surface area contributed by atoms with Crippen LogP contribution in [0.5, 0.6) is 0 Å². The smallest absolute Gasteiger partial charge is 0.0411 e. The summed E-state index contributed by atoms with van der Waals surface area (Å²) in [4.78, 5) is 0. The molecule has 0 radical (unpaired) electrons. The first-order chi connectivity index (χ1) is 14.3. The zero-order valence-corrected chi connectivity index (χ0v) is 20.3. The largest absolute Gasteiger partial charge is 0.0654 e. The van der Waals surface area contributed by atoms with Crippen molar-refractivity contribution in [1.82, 2.24) is 0 Å². The molecule has 0 aromatic carbocycles. The summed E-state index contributed by atoms with van der Waals surface area (Å²) in [6.07, 6.45) is 32.3. The van der Waals surface area contributed by atoms with Crippen molar-refractivity contribution < 1.29 is 0 Å². The third kappa shape index (κ3) is 8.57. The van der Waals surface area contributed by atoms with Gasteiger partial charge in [0.05, 0.1) is 0 Å². The van der Waals surface area contributed by atoms with Gasteiger partial charge < -0.3 is 0 Å². The molecule has 29 heavy (non-hydrogen) atoms. The van der Waals surface area contributed by atoms with Gasteiger partial charge in [0.15, 0.2) is 0 Å². The molecule has 0 atom stereocenters. The van der Waals surface area contributed by atoms with E-state index in [0.717, 1.165) is 35.5 Å². The van der Waals surface area contributed by atoms with Crippen LogP contribution < -0.4 is 0 Å². The molecule has 0 saturated heterocycles. The summed E-state index contributed by atoms with van der Waals surface area (Å²) in [5, 5.41) is 0. The van der Waals surface area contributed by atoms with Gasteiger partial charge in [-0.05, 0) is 48.3 Å². The molecule has 3 fully saturated rings. The van der Waals surface area contributed by atoms with Gasteiger partial charge in [-0.3, -0.25) is 0 Å². The highest BCUT2D eigenvalue weighted by Gasteiger charge is 2.29. The van der Waals surface area contributed by atoms with Gasteiger partial charge in [-0.1, -0.05) is 136 Å². The Kier molecular flexibility index (Phi) is 10.9. The molecular formula is C29H54. The van der Waals surface area contributed by atoms with E-state index in [4.69, 9.17) is 0 Å².